The van der Waals surface area contributed by atoms with Crippen LogP contribution in [0.25, 0.3) is 0 Å². The average Bonchev–Trinajstić information content (AvgIpc) is 2.96. The van der Waals surface area contributed by atoms with Crippen LogP contribution in [0.2, 0.25) is 0 Å². The Morgan fingerprint density at radius 1 is 1.33 bits per heavy atom. The normalized spacial score (nSPS) is 29.5. The Morgan fingerprint density at radius 3 is 2.60 bits per heavy atom. The summed E-state index contributed by atoms with van der Waals surface area (Å²) in [4.78, 5) is 48.8. The van der Waals surface area contributed by atoms with Crippen molar-refractivity contribution >= 4 is 23.7 Å². The molecule has 0 amide bonds. The summed E-state index contributed by atoms with van der Waals surface area (Å²) in [6.45, 7) is 7.31. The van der Waals surface area contributed by atoms with E-state index in [2.05, 4.69) is 0 Å². The smallest absolute Gasteiger partial charge is 0.343 e. The van der Waals surface area contributed by atoms with Crippen molar-refractivity contribution in [2.24, 2.45) is 5.92 Å². The first kappa shape index (κ1) is 23.5. The largest absolute Gasteiger partial charge is 0.461 e. The average molecular weight is 420 g/mol. The number of carbonyl (C=O) groups excluding carboxylic acids is 4. The van der Waals surface area contributed by atoms with E-state index in [9.17, 15) is 24.3 Å². The van der Waals surface area contributed by atoms with E-state index < -0.39 is 35.5 Å². The Morgan fingerprint density at radius 2 is 2.00 bits per heavy atom. The van der Waals surface area contributed by atoms with E-state index in [0.29, 0.717) is 5.57 Å². The molecule has 8 heteroatoms. The molecule has 0 fully saturated rings. The Bertz CT molecular complexity index is 843. The van der Waals surface area contributed by atoms with Gasteiger partial charge in [0, 0.05) is 30.4 Å². The lowest BCUT2D eigenvalue weighted by Gasteiger charge is -2.27. The van der Waals surface area contributed by atoms with E-state index >= 15 is 0 Å². The fourth-order valence-corrected chi connectivity index (χ4v) is 3.24. The highest BCUT2D eigenvalue weighted by atomic mass is 16.6. The van der Waals surface area contributed by atoms with E-state index in [0.717, 1.165) is 0 Å². The number of rotatable bonds is 4. The SMILES string of the molecule is C/C=C(\C)C(=O)OC1C[C@@H](C)C(=O)CC[C@@](C)(O)/C=C2/OC(=O)C(COC(C)=O)=C21. The number of aliphatic hydroxyl groups is 1. The summed E-state index contributed by atoms with van der Waals surface area (Å²) in [7, 11) is 0. The second-order valence-corrected chi connectivity index (χ2v) is 7.90. The van der Waals surface area contributed by atoms with Crippen molar-refractivity contribution in [2.75, 3.05) is 6.61 Å². The molecule has 0 saturated heterocycles. The Balaban J connectivity index is 2.62. The van der Waals surface area contributed by atoms with Gasteiger partial charge in [-0.25, -0.2) is 9.59 Å². The molecule has 0 bridgehead atoms. The second kappa shape index (κ2) is 9.38. The fourth-order valence-electron chi connectivity index (χ4n) is 3.24. The van der Waals surface area contributed by atoms with Crippen molar-refractivity contribution in [3.05, 3.63) is 34.6 Å². The van der Waals surface area contributed by atoms with Gasteiger partial charge in [-0.3, -0.25) is 9.59 Å². The van der Waals surface area contributed by atoms with Crippen LogP contribution in [0.5, 0.6) is 0 Å². The molecule has 0 spiro atoms. The summed E-state index contributed by atoms with van der Waals surface area (Å²) in [5.74, 6) is -2.50. The second-order valence-electron chi connectivity index (χ2n) is 7.90. The highest BCUT2D eigenvalue weighted by molar-refractivity contribution is 5.96. The minimum absolute atomic E-state index is 0.0170. The summed E-state index contributed by atoms with van der Waals surface area (Å²) in [6, 6.07) is 0. The molecule has 3 atom stereocenters. The Kier molecular flexibility index (Phi) is 7.36. The van der Waals surface area contributed by atoms with Gasteiger partial charge in [0.25, 0.3) is 0 Å². The molecule has 1 unspecified atom stereocenters. The van der Waals surface area contributed by atoms with Crippen LogP contribution in [-0.4, -0.2) is 47.1 Å². The number of carbonyl (C=O) groups is 4. The maximum Gasteiger partial charge on any atom is 0.343 e. The maximum atomic E-state index is 12.5. The van der Waals surface area contributed by atoms with Gasteiger partial charge in [0.15, 0.2) is 0 Å². The molecule has 0 aromatic carbocycles. The van der Waals surface area contributed by atoms with Gasteiger partial charge in [-0.2, -0.15) is 0 Å². The molecule has 0 saturated carbocycles. The number of hydrogen-bond donors (Lipinski definition) is 1. The molecule has 164 valence electrons. The summed E-state index contributed by atoms with van der Waals surface area (Å²) in [5, 5.41) is 10.7. The number of fused-ring (bicyclic) bond motifs is 1. The monoisotopic (exact) mass is 420 g/mol. The molecule has 0 radical (unpaired) electrons. The van der Waals surface area contributed by atoms with Crippen LogP contribution in [0.4, 0.5) is 0 Å². The molecule has 8 nitrogen and oxygen atoms in total. The molecule has 2 aliphatic rings. The molecule has 0 aromatic rings. The van der Waals surface area contributed by atoms with Crippen molar-refractivity contribution in [3.8, 4) is 0 Å². The third-order valence-corrected chi connectivity index (χ3v) is 5.22. The van der Waals surface area contributed by atoms with Crippen LogP contribution in [0.15, 0.2) is 34.6 Å². The first-order valence-electron chi connectivity index (χ1n) is 9.86. The Labute approximate surface area is 175 Å². The molecule has 1 aliphatic carbocycles. The van der Waals surface area contributed by atoms with Gasteiger partial charge in [-0.05, 0) is 39.7 Å². The van der Waals surface area contributed by atoms with Gasteiger partial charge >= 0.3 is 17.9 Å². The van der Waals surface area contributed by atoms with Crippen LogP contribution in [-0.2, 0) is 33.4 Å². The Hall–Kier alpha value is -2.74. The zero-order chi connectivity index (χ0) is 22.6. The predicted octanol–water partition coefficient (Wildman–Crippen LogP) is 2.30. The number of esters is 3. The zero-order valence-corrected chi connectivity index (χ0v) is 17.9. The first-order valence-corrected chi connectivity index (χ1v) is 9.86. The van der Waals surface area contributed by atoms with E-state index in [1.165, 1.54) is 19.9 Å². The summed E-state index contributed by atoms with van der Waals surface area (Å²) in [6.07, 6.45) is 2.32. The maximum absolute atomic E-state index is 12.5. The third-order valence-electron chi connectivity index (χ3n) is 5.22. The highest BCUT2D eigenvalue weighted by Crippen LogP contribution is 2.37. The number of Topliss-reactive ketones (excluding diaryl/α,β-unsaturated/α-hetero) is 1. The molecule has 0 aromatic heterocycles. The molecular formula is C22H28O8. The van der Waals surface area contributed by atoms with Crippen molar-refractivity contribution in [3.63, 3.8) is 0 Å². The van der Waals surface area contributed by atoms with Crippen molar-refractivity contribution in [1.82, 2.24) is 0 Å². The molecule has 1 aliphatic heterocycles. The topological polar surface area (TPSA) is 116 Å². The van der Waals surface area contributed by atoms with Gasteiger partial charge in [-0.1, -0.05) is 13.0 Å². The van der Waals surface area contributed by atoms with Gasteiger partial charge in [0.1, 0.15) is 24.3 Å². The lowest BCUT2D eigenvalue weighted by Crippen LogP contribution is -2.31. The van der Waals surface area contributed by atoms with Crippen LogP contribution < -0.4 is 0 Å². The summed E-state index contributed by atoms with van der Waals surface area (Å²) in [5.41, 5.74) is -0.849. The molecule has 30 heavy (non-hydrogen) atoms. The molecule has 1 heterocycles. The minimum atomic E-state index is -1.43. The van der Waals surface area contributed by atoms with E-state index in [4.69, 9.17) is 14.2 Å². The molecule has 2 rings (SSSR count). The van der Waals surface area contributed by atoms with Gasteiger partial charge in [0.05, 0.1) is 11.2 Å². The lowest BCUT2D eigenvalue weighted by molar-refractivity contribution is -0.144. The zero-order valence-electron chi connectivity index (χ0n) is 17.9. The van der Waals surface area contributed by atoms with Crippen LogP contribution >= 0.6 is 0 Å². The van der Waals surface area contributed by atoms with Crippen molar-refractivity contribution < 1.29 is 38.5 Å². The van der Waals surface area contributed by atoms with Crippen LogP contribution in [0.1, 0.15) is 53.9 Å². The number of hydrogen-bond acceptors (Lipinski definition) is 8. The van der Waals surface area contributed by atoms with Crippen LogP contribution in [0, 0.1) is 5.92 Å². The lowest BCUT2D eigenvalue weighted by atomic mass is 9.85. The predicted molar refractivity (Wildman–Crippen MR) is 106 cm³/mol. The van der Waals surface area contributed by atoms with E-state index in [1.807, 2.05) is 0 Å². The van der Waals surface area contributed by atoms with Gasteiger partial charge in [0.2, 0.25) is 0 Å². The number of allylic oxidation sites excluding steroid dienone is 1. The highest BCUT2D eigenvalue weighted by Gasteiger charge is 2.40. The fraction of sp³-hybridized carbons (Fsp3) is 0.545. The van der Waals surface area contributed by atoms with Gasteiger partial charge in [-0.15, -0.1) is 0 Å². The molecule has 1 N–H and O–H groups in total. The quantitative estimate of drug-likeness (QED) is 0.418. The summed E-state index contributed by atoms with van der Waals surface area (Å²) < 4.78 is 16.0. The van der Waals surface area contributed by atoms with E-state index in [-0.39, 0.29) is 48.6 Å². The first-order chi connectivity index (χ1) is 13.9. The van der Waals surface area contributed by atoms with E-state index in [1.54, 1.807) is 26.8 Å². The standard InChI is InChI=1S/C22H28O8/c1-6-12(2)20(25)29-17-9-13(3)16(24)7-8-22(5,27)10-18-19(17)15(21(26)30-18)11-28-14(4)23/h6,10,13,17,27H,7-9,11H2,1-5H3/b12-6+,18-10+/t13-,17?,22-/m1/s1. The molecular weight excluding hydrogens is 392 g/mol. The number of ether oxygens (including phenoxy) is 3. The summed E-state index contributed by atoms with van der Waals surface area (Å²) >= 11 is 0. The van der Waals surface area contributed by atoms with Gasteiger partial charge < -0.3 is 19.3 Å². The third kappa shape index (κ3) is 5.66. The van der Waals surface area contributed by atoms with Crippen molar-refractivity contribution in [2.45, 2.75) is 65.6 Å². The van der Waals surface area contributed by atoms with Crippen molar-refractivity contribution in [1.29, 1.82) is 0 Å². The van der Waals surface area contributed by atoms with Crippen LogP contribution in [0.3, 0.4) is 0 Å². The number of ketones is 1. The minimum Gasteiger partial charge on any atom is -0.461 e.